The third-order valence-corrected chi connectivity index (χ3v) is 5.77. The number of nitrogens with zero attached hydrogens (tertiary/aromatic N) is 1. The molecule has 148 valence electrons. The van der Waals surface area contributed by atoms with Gasteiger partial charge in [0.25, 0.3) is 0 Å². The van der Waals surface area contributed by atoms with E-state index in [4.69, 9.17) is 13.7 Å². The molecule has 0 fully saturated rings. The Hall–Kier alpha value is -2.80. The zero-order valence-electron chi connectivity index (χ0n) is 16.5. The van der Waals surface area contributed by atoms with Gasteiger partial charge in [-0.2, -0.15) is 8.42 Å². The fourth-order valence-electron chi connectivity index (χ4n) is 2.94. The van der Waals surface area contributed by atoms with Crippen molar-refractivity contribution in [3.63, 3.8) is 0 Å². The highest BCUT2D eigenvalue weighted by Gasteiger charge is 2.19. The Balaban J connectivity index is 1.99. The first-order chi connectivity index (χ1) is 13.2. The van der Waals surface area contributed by atoms with Crippen LogP contribution >= 0.6 is 0 Å². The van der Waals surface area contributed by atoms with Crippen molar-refractivity contribution < 1.29 is 22.1 Å². The summed E-state index contributed by atoms with van der Waals surface area (Å²) in [5, 5.41) is 1.56. The SMILES string of the molecule is COc1cc2cc(OS(=O)(=O)c3ccc(C(C)C)cc3)nc(C)c2cc1OC. The van der Waals surface area contributed by atoms with Gasteiger partial charge >= 0.3 is 10.1 Å². The molecular weight excluding hydrogens is 378 g/mol. The van der Waals surface area contributed by atoms with Crippen molar-refractivity contribution in [1.29, 1.82) is 0 Å². The quantitative estimate of drug-likeness (QED) is 0.568. The van der Waals surface area contributed by atoms with Gasteiger partial charge < -0.3 is 13.7 Å². The number of pyridine rings is 1. The van der Waals surface area contributed by atoms with Crippen LogP contribution in [0.5, 0.6) is 17.4 Å². The van der Waals surface area contributed by atoms with E-state index in [-0.39, 0.29) is 10.8 Å². The van der Waals surface area contributed by atoms with Crippen molar-refractivity contribution in [2.45, 2.75) is 31.6 Å². The summed E-state index contributed by atoms with van der Waals surface area (Å²) in [6, 6.07) is 11.8. The van der Waals surface area contributed by atoms with Crippen LogP contribution in [0.25, 0.3) is 10.8 Å². The van der Waals surface area contributed by atoms with Crippen molar-refractivity contribution in [2.75, 3.05) is 14.2 Å². The molecule has 0 atom stereocenters. The van der Waals surface area contributed by atoms with Crippen LogP contribution in [0.4, 0.5) is 0 Å². The molecule has 0 aliphatic rings. The average Bonchev–Trinajstić information content (AvgIpc) is 2.66. The summed E-state index contributed by atoms with van der Waals surface area (Å²) in [5.74, 6) is 1.43. The van der Waals surface area contributed by atoms with Crippen LogP contribution in [0, 0.1) is 6.92 Å². The third-order valence-electron chi connectivity index (χ3n) is 4.53. The lowest BCUT2D eigenvalue weighted by molar-refractivity contribution is 0.356. The van der Waals surface area contributed by atoms with Crippen molar-refractivity contribution in [1.82, 2.24) is 4.98 Å². The van der Waals surface area contributed by atoms with E-state index in [9.17, 15) is 8.42 Å². The Labute approximate surface area is 165 Å². The Kier molecular flexibility index (Phi) is 5.47. The van der Waals surface area contributed by atoms with Gasteiger partial charge in [-0.1, -0.05) is 26.0 Å². The van der Waals surface area contributed by atoms with Crippen molar-refractivity contribution >= 4 is 20.9 Å². The molecule has 0 saturated carbocycles. The van der Waals surface area contributed by atoms with Crippen LogP contribution in [0.3, 0.4) is 0 Å². The number of methoxy groups -OCH3 is 2. The molecule has 1 heterocycles. The second-order valence-corrected chi connectivity index (χ2v) is 8.28. The lowest BCUT2D eigenvalue weighted by Gasteiger charge is -2.12. The largest absolute Gasteiger partial charge is 0.493 e. The standard InChI is InChI=1S/C21H23NO5S/c1-13(2)15-6-8-17(9-7-15)28(23,24)27-21-11-16-10-19(25-4)20(26-5)12-18(16)14(3)22-21/h6-13H,1-5H3. The summed E-state index contributed by atoms with van der Waals surface area (Å²) in [6.07, 6.45) is 0. The van der Waals surface area contributed by atoms with Crippen LogP contribution in [0.1, 0.15) is 31.0 Å². The van der Waals surface area contributed by atoms with Crippen molar-refractivity contribution in [2.24, 2.45) is 0 Å². The lowest BCUT2D eigenvalue weighted by Crippen LogP contribution is -2.11. The minimum atomic E-state index is -3.99. The molecule has 0 aliphatic carbocycles. The number of benzene rings is 2. The second kappa shape index (κ2) is 7.67. The van der Waals surface area contributed by atoms with E-state index in [0.717, 1.165) is 16.3 Å². The van der Waals surface area contributed by atoms with Crippen LogP contribution in [0.2, 0.25) is 0 Å². The summed E-state index contributed by atoms with van der Waals surface area (Å²) in [5.41, 5.74) is 1.68. The monoisotopic (exact) mass is 401 g/mol. The Morgan fingerprint density at radius 1 is 0.929 bits per heavy atom. The molecule has 0 bridgehead atoms. The predicted octanol–water partition coefficient (Wildman–Crippen LogP) is 4.45. The van der Waals surface area contributed by atoms with E-state index in [0.29, 0.717) is 23.1 Å². The molecule has 0 unspecified atom stereocenters. The molecule has 0 N–H and O–H groups in total. The summed E-state index contributed by atoms with van der Waals surface area (Å²) in [4.78, 5) is 4.38. The highest BCUT2D eigenvalue weighted by atomic mass is 32.2. The van der Waals surface area contributed by atoms with Crippen LogP contribution in [0.15, 0.2) is 47.4 Å². The molecule has 0 saturated heterocycles. The van der Waals surface area contributed by atoms with Gasteiger partial charge in [0, 0.05) is 17.1 Å². The summed E-state index contributed by atoms with van der Waals surface area (Å²) in [7, 11) is -0.889. The van der Waals surface area contributed by atoms with Gasteiger partial charge in [0.05, 0.1) is 14.2 Å². The molecular formula is C21H23NO5S. The van der Waals surface area contributed by atoms with E-state index in [1.807, 2.05) is 13.8 Å². The molecule has 28 heavy (non-hydrogen) atoms. The van der Waals surface area contributed by atoms with Gasteiger partial charge in [-0.25, -0.2) is 4.98 Å². The maximum absolute atomic E-state index is 12.6. The first-order valence-electron chi connectivity index (χ1n) is 8.83. The zero-order valence-corrected chi connectivity index (χ0v) is 17.3. The minimum absolute atomic E-state index is 0.00477. The molecule has 7 heteroatoms. The number of hydrogen-bond acceptors (Lipinski definition) is 6. The second-order valence-electron chi connectivity index (χ2n) is 6.74. The van der Waals surface area contributed by atoms with Gasteiger partial charge in [-0.3, -0.25) is 0 Å². The molecule has 0 spiro atoms. The highest BCUT2D eigenvalue weighted by Crippen LogP contribution is 2.34. The molecule has 0 aliphatic heterocycles. The predicted molar refractivity (Wildman–Crippen MR) is 108 cm³/mol. The van der Waals surface area contributed by atoms with E-state index in [1.165, 1.54) is 0 Å². The fraction of sp³-hybridized carbons (Fsp3) is 0.286. The third kappa shape index (κ3) is 3.89. The molecule has 0 radical (unpaired) electrons. The van der Waals surface area contributed by atoms with E-state index >= 15 is 0 Å². The zero-order chi connectivity index (χ0) is 20.5. The van der Waals surface area contributed by atoms with Gasteiger partial charge in [-0.15, -0.1) is 0 Å². The summed E-state index contributed by atoms with van der Waals surface area (Å²) >= 11 is 0. The number of hydrogen-bond donors (Lipinski definition) is 0. The van der Waals surface area contributed by atoms with Crippen molar-refractivity contribution in [3.8, 4) is 17.4 Å². The number of aromatic nitrogens is 1. The molecule has 3 aromatic rings. The smallest absolute Gasteiger partial charge is 0.340 e. The fourth-order valence-corrected chi connectivity index (χ4v) is 3.82. The minimum Gasteiger partial charge on any atom is -0.493 e. The van der Waals surface area contributed by atoms with Gasteiger partial charge in [-0.05, 0) is 48.1 Å². The molecule has 3 rings (SSSR count). The first-order valence-corrected chi connectivity index (χ1v) is 10.2. The number of aryl methyl sites for hydroxylation is 1. The summed E-state index contributed by atoms with van der Waals surface area (Å²) in [6.45, 7) is 5.88. The van der Waals surface area contributed by atoms with Gasteiger partial charge in [0.1, 0.15) is 4.90 Å². The first kappa shape index (κ1) is 19.9. The Bertz CT molecular complexity index is 1110. The molecule has 6 nitrogen and oxygen atoms in total. The molecule has 1 aromatic heterocycles. The van der Waals surface area contributed by atoms with Crippen LogP contribution in [-0.4, -0.2) is 27.6 Å². The number of rotatable bonds is 6. The maximum atomic E-state index is 12.6. The average molecular weight is 401 g/mol. The van der Waals surface area contributed by atoms with E-state index in [2.05, 4.69) is 4.98 Å². The highest BCUT2D eigenvalue weighted by molar-refractivity contribution is 7.87. The van der Waals surface area contributed by atoms with Gasteiger partial charge in [0.15, 0.2) is 11.5 Å². The van der Waals surface area contributed by atoms with Gasteiger partial charge in [0.2, 0.25) is 5.88 Å². The summed E-state index contributed by atoms with van der Waals surface area (Å²) < 4.78 is 41.2. The number of fused-ring (bicyclic) bond motifs is 1. The maximum Gasteiger partial charge on any atom is 0.340 e. The Morgan fingerprint density at radius 3 is 2.11 bits per heavy atom. The van der Waals surface area contributed by atoms with Crippen LogP contribution < -0.4 is 13.7 Å². The van der Waals surface area contributed by atoms with E-state index in [1.54, 1.807) is 63.6 Å². The molecule has 2 aromatic carbocycles. The molecule has 0 amide bonds. The number of ether oxygens (including phenoxy) is 2. The topological polar surface area (TPSA) is 74.7 Å². The Morgan fingerprint density at radius 2 is 1.54 bits per heavy atom. The lowest BCUT2D eigenvalue weighted by atomic mass is 10.0. The normalized spacial score (nSPS) is 11.6. The van der Waals surface area contributed by atoms with E-state index < -0.39 is 10.1 Å². The van der Waals surface area contributed by atoms with Crippen molar-refractivity contribution in [3.05, 3.63) is 53.7 Å². The van der Waals surface area contributed by atoms with Crippen LogP contribution in [-0.2, 0) is 10.1 Å².